The van der Waals surface area contributed by atoms with E-state index in [0.717, 1.165) is 39.0 Å². The minimum absolute atomic E-state index is 0.172. The lowest BCUT2D eigenvalue weighted by Gasteiger charge is -2.31. The molecule has 0 saturated heterocycles. The summed E-state index contributed by atoms with van der Waals surface area (Å²) in [5.41, 5.74) is 2.30. The Morgan fingerprint density at radius 2 is 1.73 bits per heavy atom. The highest BCUT2D eigenvalue weighted by Crippen LogP contribution is 2.21. The molecule has 1 unspecified atom stereocenters. The number of rotatable bonds is 11. The maximum absolute atomic E-state index is 13.4. The van der Waals surface area contributed by atoms with E-state index >= 15 is 0 Å². The van der Waals surface area contributed by atoms with Crippen molar-refractivity contribution < 1.29 is 18.0 Å². The molecule has 0 radical (unpaired) electrons. The van der Waals surface area contributed by atoms with Gasteiger partial charge in [-0.1, -0.05) is 54.0 Å². The van der Waals surface area contributed by atoms with E-state index < -0.39 is 28.5 Å². The van der Waals surface area contributed by atoms with Crippen molar-refractivity contribution in [2.75, 3.05) is 23.7 Å². The molecule has 1 atom stereocenters. The van der Waals surface area contributed by atoms with E-state index in [1.807, 2.05) is 50.2 Å². The number of anilines is 1. The second-order valence-corrected chi connectivity index (χ2v) is 10.7. The highest BCUT2D eigenvalue weighted by molar-refractivity contribution is 9.10. The summed E-state index contributed by atoms with van der Waals surface area (Å²) >= 11 is 3.43. The molecule has 0 bridgehead atoms. The van der Waals surface area contributed by atoms with Crippen molar-refractivity contribution in [3.63, 3.8) is 0 Å². The minimum atomic E-state index is -3.73. The second-order valence-electron chi connectivity index (χ2n) is 7.91. The standard InChI is InChI=1S/C24H32BrN3O4S/c1-5-14-26-24(30)18(3)27(16-20-8-7-9-21(25)15-20)23(29)17-28(33(4,31)32)22-12-10-19(6-2)11-13-22/h7-13,15,18H,5-6,14,16-17H2,1-4H3,(H,26,30). The number of hydrogen-bond acceptors (Lipinski definition) is 4. The molecule has 9 heteroatoms. The van der Waals surface area contributed by atoms with E-state index in [9.17, 15) is 18.0 Å². The van der Waals surface area contributed by atoms with Crippen LogP contribution in [0, 0.1) is 0 Å². The lowest BCUT2D eigenvalue weighted by atomic mass is 10.1. The van der Waals surface area contributed by atoms with Gasteiger partial charge in [-0.3, -0.25) is 13.9 Å². The molecule has 1 N–H and O–H groups in total. The average molecular weight is 539 g/mol. The molecule has 0 aliphatic heterocycles. The SMILES string of the molecule is CCCNC(=O)C(C)N(Cc1cccc(Br)c1)C(=O)CN(c1ccc(CC)cc1)S(C)(=O)=O. The number of carbonyl (C=O) groups excluding carboxylic acids is 2. The maximum Gasteiger partial charge on any atom is 0.244 e. The molecular weight excluding hydrogens is 506 g/mol. The van der Waals surface area contributed by atoms with Gasteiger partial charge in [0.1, 0.15) is 12.6 Å². The van der Waals surface area contributed by atoms with Gasteiger partial charge < -0.3 is 10.2 Å². The van der Waals surface area contributed by atoms with Crippen molar-refractivity contribution in [2.45, 2.75) is 46.2 Å². The van der Waals surface area contributed by atoms with Gasteiger partial charge in [0, 0.05) is 17.6 Å². The number of nitrogens with one attached hydrogen (secondary N) is 1. The molecule has 0 fully saturated rings. The zero-order valence-electron chi connectivity index (χ0n) is 19.5. The smallest absolute Gasteiger partial charge is 0.244 e. The van der Waals surface area contributed by atoms with Crippen LogP contribution in [-0.2, 0) is 32.6 Å². The summed E-state index contributed by atoms with van der Waals surface area (Å²) in [5.74, 6) is -0.738. The number of halogens is 1. The lowest BCUT2D eigenvalue weighted by Crippen LogP contribution is -2.51. The first-order valence-electron chi connectivity index (χ1n) is 10.9. The fraction of sp³-hybridized carbons (Fsp3) is 0.417. The van der Waals surface area contributed by atoms with Crippen LogP contribution in [0.2, 0.25) is 0 Å². The van der Waals surface area contributed by atoms with E-state index in [0.29, 0.717) is 12.2 Å². The molecule has 180 valence electrons. The van der Waals surface area contributed by atoms with Crippen LogP contribution in [0.25, 0.3) is 0 Å². The van der Waals surface area contributed by atoms with Gasteiger partial charge in [0.15, 0.2) is 0 Å². The van der Waals surface area contributed by atoms with Crippen molar-refractivity contribution >= 4 is 43.5 Å². The molecule has 2 aromatic carbocycles. The second kappa shape index (κ2) is 12.2. The summed E-state index contributed by atoms with van der Waals surface area (Å²) in [4.78, 5) is 27.5. The lowest BCUT2D eigenvalue weighted by molar-refractivity contribution is -0.139. The number of aryl methyl sites for hydroxylation is 1. The zero-order valence-corrected chi connectivity index (χ0v) is 21.9. The Morgan fingerprint density at radius 1 is 1.06 bits per heavy atom. The minimum Gasteiger partial charge on any atom is -0.354 e. The first-order chi connectivity index (χ1) is 15.6. The predicted octanol–water partition coefficient (Wildman–Crippen LogP) is 3.72. The van der Waals surface area contributed by atoms with Gasteiger partial charge in [-0.2, -0.15) is 0 Å². The molecule has 0 aliphatic carbocycles. The van der Waals surface area contributed by atoms with Crippen LogP contribution in [0.15, 0.2) is 53.0 Å². The Labute approximate surface area is 205 Å². The maximum atomic E-state index is 13.4. The normalized spacial score (nSPS) is 12.2. The van der Waals surface area contributed by atoms with Crippen molar-refractivity contribution in [1.82, 2.24) is 10.2 Å². The number of carbonyl (C=O) groups is 2. The fourth-order valence-corrected chi connectivity index (χ4v) is 4.62. The van der Waals surface area contributed by atoms with Crippen molar-refractivity contribution in [3.8, 4) is 0 Å². The predicted molar refractivity (Wildman–Crippen MR) is 135 cm³/mol. The Kier molecular flexibility index (Phi) is 9.91. The van der Waals surface area contributed by atoms with Crippen LogP contribution in [0.1, 0.15) is 38.3 Å². The molecule has 2 rings (SSSR count). The van der Waals surface area contributed by atoms with Crippen LogP contribution in [0.4, 0.5) is 5.69 Å². The third-order valence-electron chi connectivity index (χ3n) is 5.27. The third kappa shape index (κ3) is 7.85. The van der Waals surface area contributed by atoms with Gasteiger partial charge in [-0.15, -0.1) is 0 Å². The molecule has 0 aromatic heterocycles. The number of sulfonamides is 1. The summed E-state index contributed by atoms with van der Waals surface area (Å²) in [5, 5.41) is 2.82. The van der Waals surface area contributed by atoms with Gasteiger partial charge in [-0.05, 0) is 55.2 Å². The highest BCUT2D eigenvalue weighted by atomic mass is 79.9. The fourth-order valence-electron chi connectivity index (χ4n) is 3.32. The molecule has 33 heavy (non-hydrogen) atoms. The van der Waals surface area contributed by atoms with Crippen molar-refractivity contribution in [3.05, 3.63) is 64.1 Å². The van der Waals surface area contributed by atoms with Crippen LogP contribution in [0.3, 0.4) is 0 Å². The first-order valence-corrected chi connectivity index (χ1v) is 13.6. The van der Waals surface area contributed by atoms with Gasteiger partial charge in [0.2, 0.25) is 21.8 Å². The van der Waals surface area contributed by atoms with Crippen LogP contribution in [-0.4, -0.2) is 50.5 Å². The van der Waals surface area contributed by atoms with Crippen LogP contribution in [0.5, 0.6) is 0 Å². The molecule has 0 spiro atoms. The Bertz CT molecular complexity index is 1060. The molecular formula is C24H32BrN3O4S. The summed E-state index contributed by atoms with van der Waals surface area (Å²) < 4.78 is 27.1. The Morgan fingerprint density at radius 3 is 2.27 bits per heavy atom. The largest absolute Gasteiger partial charge is 0.354 e. The van der Waals surface area contributed by atoms with Gasteiger partial charge in [0.05, 0.1) is 11.9 Å². The molecule has 0 heterocycles. The number of benzene rings is 2. The van der Waals surface area contributed by atoms with E-state index in [2.05, 4.69) is 21.2 Å². The molecule has 2 amide bonds. The average Bonchev–Trinajstić information content (AvgIpc) is 2.78. The van der Waals surface area contributed by atoms with E-state index in [-0.39, 0.29) is 12.5 Å². The van der Waals surface area contributed by atoms with Crippen LogP contribution < -0.4 is 9.62 Å². The quantitative estimate of drug-likeness (QED) is 0.473. The zero-order chi connectivity index (χ0) is 24.6. The van der Waals surface area contributed by atoms with E-state index in [1.54, 1.807) is 19.1 Å². The topological polar surface area (TPSA) is 86.8 Å². The van der Waals surface area contributed by atoms with Crippen molar-refractivity contribution in [1.29, 1.82) is 0 Å². The Hall–Kier alpha value is -2.39. The summed E-state index contributed by atoms with van der Waals surface area (Å²) in [7, 11) is -3.73. The third-order valence-corrected chi connectivity index (χ3v) is 6.90. The molecule has 0 saturated carbocycles. The summed E-state index contributed by atoms with van der Waals surface area (Å²) in [6.45, 7) is 5.89. The highest BCUT2D eigenvalue weighted by Gasteiger charge is 2.30. The molecule has 0 aliphatic rings. The summed E-state index contributed by atoms with van der Waals surface area (Å²) in [6, 6.07) is 13.8. The number of nitrogens with zero attached hydrogens (tertiary/aromatic N) is 2. The monoisotopic (exact) mass is 537 g/mol. The van der Waals surface area contributed by atoms with Gasteiger partial charge in [0.25, 0.3) is 0 Å². The van der Waals surface area contributed by atoms with Gasteiger partial charge in [-0.25, -0.2) is 8.42 Å². The molecule has 2 aromatic rings. The number of amides is 2. The Balaban J connectivity index is 2.36. The van der Waals surface area contributed by atoms with E-state index in [1.165, 1.54) is 4.90 Å². The van der Waals surface area contributed by atoms with Gasteiger partial charge >= 0.3 is 0 Å². The van der Waals surface area contributed by atoms with E-state index in [4.69, 9.17) is 0 Å². The van der Waals surface area contributed by atoms with Crippen LogP contribution >= 0.6 is 15.9 Å². The van der Waals surface area contributed by atoms with Crippen molar-refractivity contribution in [2.24, 2.45) is 0 Å². The first kappa shape index (κ1) is 26.9. The summed E-state index contributed by atoms with van der Waals surface area (Å²) in [6.07, 6.45) is 2.67. The molecule has 7 nitrogen and oxygen atoms in total. The number of hydrogen-bond donors (Lipinski definition) is 1.